The summed E-state index contributed by atoms with van der Waals surface area (Å²) in [6.07, 6.45) is 2.50. The van der Waals surface area contributed by atoms with Crippen LogP contribution in [0.15, 0.2) is 33.9 Å². The van der Waals surface area contributed by atoms with Gasteiger partial charge in [-0.15, -0.1) is 0 Å². The maximum Gasteiger partial charge on any atom is 0.330 e. The predicted molar refractivity (Wildman–Crippen MR) is 137 cm³/mol. The van der Waals surface area contributed by atoms with E-state index in [2.05, 4.69) is 11.9 Å². The highest BCUT2D eigenvalue weighted by molar-refractivity contribution is 5.97. The van der Waals surface area contributed by atoms with Crippen LogP contribution in [0.1, 0.15) is 49.5 Å². The van der Waals surface area contributed by atoms with Gasteiger partial charge in [0.05, 0.1) is 6.54 Å². The Balaban J connectivity index is 1.66. The van der Waals surface area contributed by atoms with Crippen LogP contribution in [-0.4, -0.2) is 70.4 Å². The number of hydrogen-bond donors (Lipinski definition) is 2. The van der Waals surface area contributed by atoms with Gasteiger partial charge in [-0.2, -0.15) is 0 Å². The zero-order valence-electron chi connectivity index (χ0n) is 20.9. The number of nitrogens with one attached hydrogen (secondary N) is 1. The number of rotatable bonds is 9. The Bertz CT molecular complexity index is 1150. The molecular weight excluding hydrogens is 448 g/mol. The van der Waals surface area contributed by atoms with Crippen LogP contribution >= 0.6 is 0 Å². The lowest BCUT2D eigenvalue weighted by Crippen LogP contribution is -2.52. The molecule has 1 fully saturated rings. The van der Waals surface area contributed by atoms with E-state index in [1.54, 1.807) is 11.8 Å². The average Bonchev–Trinajstić information content (AvgIpc) is 2.86. The maximum absolute atomic E-state index is 13.2. The van der Waals surface area contributed by atoms with Crippen LogP contribution in [-0.2, 0) is 17.8 Å². The van der Waals surface area contributed by atoms with Crippen molar-refractivity contribution in [1.29, 1.82) is 0 Å². The second kappa shape index (κ2) is 11.8. The Morgan fingerprint density at radius 1 is 1.03 bits per heavy atom. The van der Waals surface area contributed by atoms with E-state index in [0.717, 1.165) is 19.3 Å². The second-order valence-electron chi connectivity index (χ2n) is 8.76. The fourth-order valence-corrected chi connectivity index (χ4v) is 4.29. The first-order valence-corrected chi connectivity index (χ1v) is 12.3. The third-order valence-electron chi connectivity index (χ3n) is 6.46. The monoisotopic (exact) mass is 484 g/mol. The van der Waals surface area contributed by atoms with Crippen molar-refractivity contribution in [3.8, 4) is 0 Å². The maximum atomic E-state index is 13.2. The van der Waals surface area contributed by atoms with E-state index in [4.69, 9.17) is 5.73 Å². The minimum atomic E-state index is -0.667. The number of H-pyrrole nitrogens is 1. The number of aromatic nitrogens is 2. The molecule has 1 aromatic carbocycles. The van der Waals surface area contributed by atoms with E-state index in [0.29, 0.717) is 38.3 Å². The van der Waals surface area contributed by atoms with Crippen molar-refractivity contribution in [3.63, 3.8) is 0 Å². The number of anilines is 2. The fourth-order valence-electron chi connectivity index (χ4n) is 4.29. The minimum Gasteiger partial charge on any atom is -0.383 e. The Hall–Kier alpha value is -3.40. The van der Waals surface area contributed by atoms with Crippen molar-refractivity contribution in [1.82, 2.24) is 19.4 Å². The number of benzene rings is 1. The summed E-state index contributed by atoms with van der Waals surface area (Å²) in [5, 5.41) is 0. The molecule has 0 atom stereocenters. The van der Waals surface area contributed by atoms with Crippen LogP contribution in [0, 0.1) is 0 Å². The van der Waals surface area contributed by atoms with E-state index in [1.165, 1.54) is 15.0 Å². The van der Waals surface area contributed by atoms with E-state index in [-0.39, 0.29) is 36.4 Å². The van der Waals surface area contributed by atoms with Gasteiger partial charge in [0.2, 0.25) is 5.91 Å². The number of nitrogen functional groups attached to an aromatic ring is 1. The Morgan fingerprint density at radius 2 is 1.69 bits per heavy atom. The van der Waals surface area contributed by atoms with Gasteiger partial charge in [-0.1, -0.05) is 32.4 Å². The molecule has 35 heavy (non-hydrogen) atoms. The van der Waals surface area contributed by atoms with Crippen LogP contribution in [0.3, 0.4) is 0 Å². The van der Waals surface area contributed by atoms with Crippen molar-refractivity contribution in [2.45, 2.75) is 46.6 Å². The van der Waals surface area contributed by atoms with Crippen molar-refractivity contribution < 1.29 is 9.59 Å². The van der Waals surface area contributed by atoms with Gasteiger partial charge < -0.3 is 15.5 Å². The fraction of sp³-hybridized carbons (Fsp3) is 0.520. The number of hydrogen-bond acceptors (Lipinski definition) is 6. The average molecular weight is 485 g/mol. The Labute approximate surface area is 205 Å². The molecular formula is C25H36N6O4. The Kier molecular flexibility index (Phi) is 8.86. The topological polar surface area (TPSA) is 125 Å². The highest BCUT2D eigenvalue weighted by Gasteiger charge is 2.27. The van der Waals surface area contributed by atoms with Crippen molar-refractivity contribution in [3.05, 3.63) is 56.2 Å². The summed E-state index contributed by atoms with van der Waals surface area (Å²) in [5.41, 5.74) is 6.81. The standard InChI is InChI=1S/C25H36N6O4/c1-4-7-12-31-22(26)21(23(33)27-25(31)35)30(6-3)20(32)17-28-13-15-29(16-14-28)24(34)19-10-8-18(5-2)9-11-19/h8-11H,4-7,12-17,26H2,1-3H3,(H,27,33,35). The van der Waals surface area contributed by atoms with Gasteiger partial charge >= 0.3 is 5.69 Å². The number of carbonyl (C=O) groups is 2. The summed E-state index contributed by atoms with van der Waals surface area (Å²) in [6.45, 7) is 8.64. The zero-order chi connectivity index (χ0) is 25.5. The molecule has 1 aromatic heterocycles. The third kappa shape index (κ3) is 6.00. The molecule has 1 saturated heterocycles. The highest BCUT2D eigenvalue weighted by atomic mass is 16.2. The first-order chi connectivity index (χ1) is 16.8. The largest absolute Gasteiger partial charge is 0.383 e. The molecule has 3 N–H and O–H groups in total. The van der Waals surface area contributed by atoms with E-state index in [1.807, 2.05) is 36.1 Å². The van der Waals surface area contributed by atoms with Gasteiger partial charge in [-0.25, -0.2) is 4.79 Å². The molecule has 0 saturated carbocycles. The summed E-state index contributed by atoms with van der Waals surface area (Å²) in [4.78, 5) is 58.2. The van der Waals surface area contributed by atoms with Crippen LogP contribution in [0.5, 0.6) is 0 Å². The second-order valence-corrected chi connectivity index (χ2v) is 8.76. The molecule has 190 valence electrons. The van der Waals surface area contributed by atoms with Gasteiger partial charge in [0.1, 0.15) is 5.82 Å². The zero-order valence-corrected chi connectivity index (χ0v) is 20.9. The number of unbranched alkanes of at least 4 members (excludes halogenated alkanes) is 1. The quantitative estimate of drug-likeness (QED) is 0.553. The number of amides is 2. The molecule has 10 heteroatoms. The molecule has 1 aliphatic heterocycles. The number of aryl methyl sites for hydroxylation is 1. The van der Waals surface area contributed by atoms with Crippen molar-refractivity contribution >= 4 is 23.3 Å². The van der Waals surface area contributed by atoms with Crippen molar-refractivity contribution in [2.75, 3.05) is 49.9 Å². The number of likely N-dealkylation sites (N-methyl/N-ethyl adjacent to an activating group) is 1. The molecule has 10 nitrogen and oxygen atoms in total. The number of aromatic amines is 1. The first-order valence-electron chi connectivity index (χ1n) is 12.3. The lowest BCUT2D eigenvalue weighted by Gasteiger charge is -2.35. The molecule has 0 spiro atoms. The number of piperazine rings is 1. The number of nitrogens with zero attached hydrogens (tertiary/aromatic N) is 4. The lowest BCUT2D eigenvalue weighted by atomic mass is 10.1. The molecule has 0 aliphatic carbocycles. The van der Waals surface area contributed by atoms with E-state index < -0.39 is 11.2 Å². The molecule has 0 bridgehead atoms. The van der Waals surface area contributed by atoms with Gasteiger partial charge in [0.25, 0.3) is 11.5 Å². The van der Waals surface area contributed by atoms with Gasteiger partial charge in [-0.3, -0.25) is 28.8 Å². The predicted octanol–water partition coefficient (Wildman–Crippen LogP) is 1.29. The number of nitrogens with two attached hydrogens (primary N) is 1. The summed E-state index contributed by atoms with van der Waals surface area (Å²) in [7, 11) is 0. The SMILES string of the molecule is CCCCn1c(N)c(N(CC)C(=O)CN2CCN(C(=O)c3ccc(CC)cc3)CC2)c(=O)[nH]c1=O. The van der Waals surface area contributed by atoms with Gasteiger partial charge in [0, 0.05) is 44.8 Å². The molecule has 3 rings (SSSR count). The van der Waals surface area contributed by atoms with Crippen LogP contribution in [0.25, 0.3) is 0 Å². The molecule has 2 amide bonds. The van der Waals surface area contributed by atoms with E-state index >= 15 is 0 Å². The highest BCUT2D eigenvalue weighted by Crippen LogP contribution is 2.18. The van der Waals surface area contributed by atoms with E-state index in [9.17, 15) is 19.2 Å². The Morgan fingerprint density at radius 3 is 2.26 bits per heavy atom. The van der Waals surface area contributed by atoms with Crippen LogP contribution in [0.2, 0.25) is 0 Å². The summed E-state index contributed by atoms with van der Waals surface area (Å²) in [5.74, 6) is -0.283. The lowest BCUT2D eigenvalue weighted by molar-refractivity contribution is -0.120. The minimum absolute atomic E-state index is 0.00640. The van der Waals surface area contributed by atoms with Crippen LogP contribution in [0.4, 0.5) is 11.5 Å². The summed E-state index contributed by atoms with van der Waals surface area (Å²) >= 11 is 0. The molecule has 1 aliphatic rings. The van der Waals surface area contributed by atoms with Gasteiger partial charge in [0.15, 0.2) is 5.69 Å². The third-order valence-corrected chi connectivity index (χ3v) is 6.46. The normalized spacial score (nSPS) is 14.2. The van der Waals surface area contributed by atoms with Crippen LogP contribution < -0.4 is 21.9 Å². The summed E-state index contributed by atoms with van der Waals surface area (Å²) in [6, 6.07) is 7.66. The smallest absolute Gasteiger partial charge is 0.330 e. The molecule has 0 unspecified atom stereocenters. The molecule has 2 heterocycles. The van der Waals surface area contributed by atoms with Gasteiger partial charge in [-0.05, 0) is 37.5 Å². The number of carbonyl (C=O) groups excluding carboxylic acids is 2. The first kappa shape index (κ1) is 26.2. The van der Waals surface area contributed by atoms with Crippen molar-refractivity contribution in [2.24, 2.45) is 0 Å². The molecule has 0 radical (unpaired) electrons. The summed E-state index contributed by atoms with van der Waals surface area (Å²) < 4.78 is 1.31. The molecule has 2 aromatic rings.